The van der Waals surface area contributed by atoms with Gasteiger partial charge in [0.1, 0.15) is 0 Å². The number of hydrogen-bond donors (Lipinski definition) is 1. The Hall–Kier alpha value is -1.55. The molecule has 1 aromatic carbocycles. The standard InChI is InChI=1S/C15H23N3O/c1-11-5-6-12(2)13(9-11)14-10-18(8-4-7-16)15(19)17(14)3/h5-6,9,14H,4,7-8,10,16H2,1-3H3. The maximum absolute atomic E-state index is 12.2. The average Bonchev–Trinajstić information content (AvgIpc) is 2.67. The second-order valence-electron chi connectivity index (χ2n) is 5.36. The van der Waals surface area contributed by atoms with Crippen molar-refractivity contribution in [3.8, 4) is 0 Å². The molecule has 1 aliphatic rings. The number of nitrogens with zero attached hydrogens (tertiary/aromatic N) is 2. The summed E-state index contributed by atoms with van der Waals surface area (Å²) in [6.07, 6.45) is 0.860. The van der Waals surface area contributed by atoms with Gasteiger partial charge in [-0.05, 0) is 37.9 Å². The third kappa shape index (κ3) is 2.73. The van der Waals surface area contributed by atoms with Crippen LogP contribution in [0.5, 0.6) is 0 Å². The number of benzene rings is 1. The van der Waals surface area contributed by atoms with Crippen LogP contribution in [0.2, 0.25) is 0 Å². The lowest BCUT2D eigenvalue weighted by Crippen LogP contribution is -2.31. The van der Waals surface area contributed by atoms with Gasteiger partial charge in [0.05, 0.1) is 6.04 Å². The molecule has 2 amide bonds. The lowest BCUT2D eigenvalue weighted by atomic mass is 9.99. The summed E-state index contributed by atoms with van der Waals surface area (Å²) in [5.41, 5.74) is 9.26. The largest absolute Gasteiger partial charge is 0.330 e. The lowest BCUT2D eigenvalue weighted by molar-refractivity contribution is 0.195. The second kappa shape index (κ2) is 5.61. The summed E-state index contributed by atoms with van der Waals surface area (Å²) in [7, 11) is 1.89. The Kier molecular flexibility index (Phi) is 4.10. The van der Waals surface area contributed by atoms with Crippen LogP contribution in [-0.4, -0.2) is 42.5 Å². The first-order valence-corrected chi connectivity index (χ1v) is 6.83. The van der Waals surface area contributed by atoms with E-state index in [1.54, 1.807) is 0 Å². The van der Waals surface area contributed by atoms with E-state index in [9.17, 15) is 4.79 Å². The Morgan fingerprint density at radius 1 is 1.37 bits per heavy atom. The van der Waals surface area contributed by atoms with Crippen molar-refractivity contribution < 1.29 is 4.79 Å². The molecule has 1 unspecified atom stereocenters. The number of carbonyl (C=O) groups is 1. The molecule has 1 atom stereocenters. The fraction of sp³-hybridized carbons (Fsp3) is 0.533. The summed E-state index contributed by atoms with van der Waals surface area (Å²) in [4.78, 5) is 15.9. The molecule has 2 rings (SSSR count). The Labute approximate surface area is 115 Å². The number of carbonyl (C=O) groups excluding carboxylic acids is 1. The van der Waals surface area contributed by atoms with Crippen molar-refractivity contribution in [2.24, 2.45) is 5.73 Å². The number of likely N-dealkylation sites (N-methyl/N-ethyl adjacent to an activating group) is 1. The Bertz CT molecular complexity index is 472. The van der Waals surface area contributed by atoms with E-state index in [-0.39, 0.29) is 12.1 Å². The maximum atomic E-state index is 12.2. The van der Waals surface area contributed by atoms with Gasteiger partial charge in [0, 0.05) is 20.1 Å². The van der Waals surface area contributed by atoms with E-state index in [4.69, 9.17) is 5.73 Å². The van der Waals surface area contributed by atoms with Crippen molar-refractivity contribution in [2.45, 2.75) is 26.3 Å². The molecule has 1 aliphatic heterocycles. The van der Waals surface area contributed by atoms with Crippen LogP contribution in [-0.2, 0) is 0 Å². The topological polar surface area (TPSA) is 49.6 Å². The van der Waals surface area contributed by atoms with Crippen LogP contribution in [0, 0.1) is 13.8 Å². The number of nitrogens with two attached hydrogens (primary N) is 1. The van der Waals surface area contributed by atoms with Gasteiger partial charge >= 0.3 is 6.03 Å². The zero-order valence-electron chi connectivity index (χ0n) is 12.0. The monoisotopic (exact) mass is 261 g/mol. The molecule has 1 heterocycles. The molecule has 0 bridgehead atoms. The fourth-order valence-electron chi connectivity index (χ4n) is 2.66. The minimum atomic E-state index is 0.111. The number of urea groups is 1. The predicted molar refractivity (Wildman–Crippen MR) is 77.1 cm³/mol. The smallest absolute Gasteiger partial charge is 0.320 e. The number of aryl methyl sites for hydroxylation is 2. The molecule has 1 aromatic rings. The molecule has 19 heavy (non-hydrogen) atoms. The highest BCUT2D eigenvalue weighted by atomic mass is 16.2. The van der Waals surface area contributed by atoms with E-state index in [1.807, 2.05) is 16.8 Å². The van der Waals surface area contributed by atoms with Crippen molar-refractivity contribution in [2.75, 3.05) is 26.7 Å². The third-order valence-corrected chi connectivity index (χ3v) is 3.86. The highest BCUT2D eigenvalue weighted by Gasteiger charge is 2.35. The molecule has 0 spiro atoms. The van der Waals surface area contributed by atoms with Gasteiger partial charge in [0.2, 0.25) is 0 Å². The van der Waals surface area contributed by atoms with E-state index >= 15 is 0 Å². The highest BCUT2D eigenvalue weighted by molar-refractivity contribution is 5.77. The number of rotatable bonds is 4. The van der Waals surface area contributed by atoms with E-state index < -0.39 is 0 Å². The van der Waals surface area contributed by atoms with Gasteiger partial charge in [-0.3, -0.25) is 0 Å². The van der Waals surface area contributed by atoms with Gasteiger partial charge < -0.3 is 15.5 Å². The normalized spacial score (nSPS) is 19.4. The second-order valence-corrected chi connectivity index (χ2v) is 5.36. The lowest BCUT2D eigenvalue weighted by Gasteiger charge is -2.20. The Morgan fingerprint density at radius 3 is 2.79 bits per heavy atom. The van der Waals surface area contributed by atoms with Gasteiger partial charge in [0.25, 0.3) is 0 Å². The summed E-state index contributed by atoms with van der Waals surface area (Å²) in [5, 5.41) is 0. The summed E-state index contributed by atoms with van der Waals surface area (Å²) in [5.74, 6) is 0. The van der Waals surface area contributed by atoms with Crippen LogP contribution in [0.4, 0.5) is 4.79 Å². The Morgan fingerprint density at radius 2 is 2.11 bits per heavy atom. The summed E-state index contributed by atoms with van der Waals surface area (Å²) in [6.45, 7) is 6.34. The summed E-state index contributed by atoms with van der Waals surface area (Å²) in [6, 6.07) is 6.70. The molecule has 4 heteroatoms. The first kappa shape index (κ1) is 13.9. The summed E-state index contributed by atoms with van der Waals surface area (Å²) < 4.78 is 0. The molecule has 0 aliphatic carbocycles. The van der Waals surface area contributed by atoms with Crippen LogP contribution >= 0.6 is 0 Å². The molecule has 4 nitrogen and oxygen atoms in total. The van der Waals surface area contributed by atoms with Gasteiger partial charge in [-0.2, -0.15) is 0 Å². The van der Waals surface area contributed by atoms with Crippen LogP contribution in [0.15, 0.2) is 18.2 Å². The predicted octanol–water partition coefficient (Wildman–Crippen LogP) is 2.06. The fourth-order valence-corrected chi connectivity index (χ4v) is 2.66. The van der Waals surface area contributed by atoms with E-state index in [0.29, 0.717) is 6.54 Å². The summed E-state index contributed by atoms with van der Waals surface area (Å²) >= 11 is 0. The molecule has 2 N–H and O–H groups in total. The molecular formula is C15H23N3O. The van der Waals surface area contributed by atoms with E-state index in [1.165, 1.54) is 16.7 Å². The molecule has 1 fully saturated rings. The number of amides is 2. The number of hydrogen-bond acceptors (Lipinski definition) is 2. The van der Waals surface area contributed by atoms with Crippen LogP contribution in [0.1, 0.15) is 29.2 Å². The minimum absolute atomic E-state index is 0.111. The minimum Gasteiger partial charge on any atom is -0.330 e. The molecule has 104 valence electrons. The van der Waals surface area contributed by atoms with Crippen molar-refractivity contribution in [1.82, 2.24) is 9.80 Å². The molecule has 1 saturated heterocycles. The van der Waals surface area contributed by atoms with Crippen molar-refractivity contribution in [1.29, 1.82) is 0 Å². The van der Waals surface area contributed by atoms with Gasteiger partial charge in [-0.25, -0.2) is 4.79 Å². The quantitative estimate of drug-likeness (QED) is 0.902. The van der Waals surface area contributed by atoms with Crippen molar-refractivity contribution in [3.63, 3.8) is 0 Å². The van der Waals surface area contributed by atoms with Crippen LogP contribution in [0.3, 0.4) is 0 Å². The molecule has 0 saturated carbocycles. The van der Waals surface area contributed by atoms with E-state index in [2.05, 4.69) is 32.0 Å². The average molecular weight is 261 g/mol. The van der Waals surface area contributed by atoms with E-state index in [0.717, 1.165) is 19.5 Å². The van der Waals surface area contributed by atoms with Crippen LogP contribution < -0.4 is 5.73 Å². The maximum Gasteiger partial charge on any atom is 0.320 e. The first-order valence-electron chi connectivity index (χ1n) is 6.83. The SMILES string of the molecule is Cc1ccc(C)c(C2CN(CCCN)C(=O)N2C)c1. The van der Waals surface area contributed by atoms with Crippen LogP contribution in [0.25, 0.3) is 0 Å². The Balaban J connectivity index is 2.21. The van der Waals surface area contributed by atoms with Gasteiger partial charge in [-0.1, -0.05) is 23.8 Å². The zero-order valence-corrected chi connectivity index (χ0v) is 12.0. The molecule has 0 radical (unpaired) electrons. The molecule has 0 aromatic heterocycles. The van der Waals surface area contributed by atoms with Crippen molar-refractivity contribution >= 4 is 6.03 Å². The van der Waals surface area contributed by atoms with Gasteiger partial charge in [0.15, 0.2) is 0 Å². The highest BCUT2D eigenvalue weighted by Crippen LogP contribution is 2.30. The van der Waals surface area contributed by atoms with Crippen molar-refractivity contribution in [3.05, 3.63) is 34.9 Å². The molecular weight excluding hydrogens is 238 g/mol. The zero-order chi connectivity index (χ0) is 14.0. The van der Waals surface area contributed by atoms with Gasteiger partial charge in [-0.15, -0.1) is 0 Å². The first-order chi connectivity index (χ1) is 9.04. The third-order valence-electron chi connectivity index (χ3n) is 3.86.